The van der Waals surface area contributed by atoms with E-state index >= 15 is 0 Å². The number of carbonyl (C=O) groups is 1. The minimum Gasteiger partial charge on any atom is -0.345 e. The SMILES string of the molecule is Cl.Cn1cc(-n2nc(-c3ccc(Cl)cc3)cc(C(=O)N[C@H]3CCc4ncccc43)c2=O)cn1. The highest BCUT2D eigenvalue weighted by atomic mass is 35.5. The van der Waals surface area contributed by atoms with Gasteiger partial charge in [-0.05, 0) is 42.7 Å². The van der Waals surface area contributed by atoms with Gasteiger partial charge in [0.1, 0.15) is 11.3 Å². The fourth-order valence-corrected chi connectivity index (χ4v) is 4.04. The maximum Gasteiger partial charge on any atom is 0.284 e. The van der Waals surface area contributed by atoms with Crippen LogP contribution in [0.1, 0.15) is 34.1 Å². The van der Waals surface area contributed by atoms with Crippen LogP contribution in [0.4, 0.5) is 0 Å². The van der Waals surface area contributed by atoms with E-state index in [0.717, 1.165) is 29.7 Å². The number of carbonyl (C=O) groups excluding carboxylic acids is 1. The summed E-state index contributed by atoms with van der Waals surface area (Å²) in [6, 6.07) is 12.2. The van der Waals surface area contributed by atoms with E-state index in [1.807, 2.05) is 12.1 Å². The standard InChI is InChI=1S/C23H19ClN6O2.ClH/c1-29-13-16(12-26-29)30-23(32)18(11-21(28-30)14-4-6-15(24)7-5-14)22(31)27-20-9-8-19-17(20)3-2-10-25-19;/h2-7,10-13,20H,8-9H2,1H3,(H,27,31);1H/t20-;/m0./s1. The zero-order valence-corrected chi connectivity index (χ0v) is 19.2. The first-order chi connectivity index (χ1) is 15.5. The van der Waals surface area contributed by atoms with Crippen LogP contribution in [0.3, 0.4) is 0 Å². The second kappa shape index (κ2) is 9.17. The lowest BCUT2D eigenvalue weighted by atomic mass is 10.1. The molecule has 3 heterocycles. The number of nitrogens with one attached hydrogen (secondary N) is 1. The molecular weight excluding hydrogens is 463 g/mol. The van der Waals surface area contributed by atoms with Crippen LogP contribution in [0, 0.1) is 0 Å². The summed E-state index contributed by atoms with van der Waals surface area (Å²) < 4.78 is 2.77. The first-order valence-corrected chi connectivity index (χ1v) is 10.5. The summed E-state index contributed by atoms with van der Waals surface area (Å²) in [6.45, 7) is 0. The van der Waals surface area contributed by atoms with Crippen LogP contribution in [0.5, 0.6) is 0 Å². The van der Waals surface area contributed by atoms with Gasteiger partial charge in [-0.2, -0.15) is 14.9 Å². The third-order valence-electron chi connectivity index (χ3n) is 5.51. The number of pyridine rings is 1. The smallest absolute Gasteiger partial charge is 0.284 e. The molecule has 0 radical (unpaired) electrons. The highest BCUT2D eigenvalue weighted by Gasteiger charge is 2.27. The third-order valence-corrected chi connectivity index (χ3v) is 5.76. The molecule has 0 fully saturated rings. The highest BCUT2D eigenvalue weighted by Crippen LogP contribution is 2.29. The van der Waals surface area contributed by atoms with Crippen LogP contribution in [0.2, 0.25) is 5.02 Å². The Kier molecular flexibility index (Phi) is 6.31. The molecule has 1 aromatic carbocycles. The Morgan fingerprint density at radius 3 is 2.73 bits per heavy atom. The predicted octanol–water partition coefficient (Wildman–Crippen LogP) is 3.52. The van der Waals surface area contributed by atoms with Gasteiger partial charge in [0.2, 0.25) is 0 Å². The Morgan fingerprint density at radius 2 is 2.00 bits per heavy atom. The Balaban J connectivity index is 0.00000259. The van der Waals surface area contributed by atoms with Crippen molar-refractivity contribution < 1.29 is 4.79 Å². The summed E-state index contributed by atoms with van der Waals surface area (Å²) in [7, 11) is 1.75. The lowest BCUT2D eigenvalue weighted by molar-refractivity contribution is 0.0934. The number of fused-ring (bicyclic) bond motifs is 1. The predicted molar refractivity (Wildman–Crippen MR) is 127 cm³/mol. The average molecular weight is 483 g/mol. The number of rotatable bonds is 4. The molecule has 1 amide bonds. The number of nitrogens with zero attached hydrogens (tertiary/aromatic N) is 5. The van der Waals surface area contributed by atoms with Crippen LogP contribution in [-0.2, 0) is 13.5 Å². The molecule has 1 atom stereocenters. The van der Waals surface area contributed by atoms with Crippen molar-refractivity contribution in [3.05, 3.63) is 93.3 Å². The van der Waals surface area contributed by atoms with Crippen molar-refractivity contribution in [2.45, 2.75) is 18.9 Å². The summed E-state index contributed by atoms with van der Waals surface area (Å²) >= 11 is 6.02. The molecule has 0 saturated heterocycles. The second-order valence-corrected chi connectivity index (χ2v) is 8.08. The van der Waals surface area contributed by atoms with Crippen molar-refractivity contribution in [1.82, 2.24) is 29.9 Å². The molecule has 1 aliphatic carbocycles. The van der Waals surface area contributed by atoms with Gasteiger partial charge >= 0.3 is 0 Å². The molecule has 0 spiro atoms. The Morgan fingerprint density at radius 1 is 1.21 bits per heavy atom. The van der Waals surface area contributed by atoms with E-state index in [-0.39, 0.29) is 24.0 Å². The second-order valence-electron chi connectivity index (χ2n) is 7.64. The van der Waals surface area contributed by atoms with E-state index in [4.69, 9.17) is 11.6 Å². The van der Waals surface area contributed by atoms with Gasteiger partial charge in [-0.3, -0.25) is 19.3 Å². The molecule has 3 aromatic heterocycles. The molecule has 4 aromatic rings. The topological polar surface area (TPSA) is 94.7 Å². The number of benzene rings is 1. The minimum atomic E-state index is -0.516. The average Bonchev–Trinajstić information content (AvgIpc) is 3.41. The monoisotopic (exact) mass is 482 g/mol. The molecule has 0 aliphatic heterocycles. The van der Waals surface area contributed by atoms with Crippen LogP contribution in [-0.4, -0.2) is 30.5 Å². The van der Waals surface area contributed by atoms with E-state index in [1.54, 1.807) is 48.4 Å². The molecule has 10 heteroatoms. The zero-order valence-electron chi connectivity index (χ0n) is 17.6. The fraction of sp³-hybridized carbons (Fsp3) is 0.174. The van der Waals surface area contributed by atoms with E-state index in [0.29, 0.717) is 16.4 Å². The van der Waals surface area contributed by atoms with Crippen molar-refractivity contribution in [2.24, 2.45) is 7.05 Å². The normalized spacial score (nSPS) is 14.4. The molecule has 5 rings (SSSR count). The maximum atomic E-state index is 13.2. The van der Waals surface area contributed by atoms with Gasteiger partial charge in [0.05, 0.1) is 24.1 Å². The molecule has 1 N–H and O–H groups in total. The van der Waals surface area contributed by atoms with Crippen molar-refractivity contribution in [3.63, 3.8) is 0 Å². The summed E-state index contributed by atoms with van der Waals surface area (Å²) in [4.78, 5) is 30.9. The number of aryl methyl sites for hydroxylation is 2. The molecule has 0 saturated carbocycles. The number of amides is 1. The lowest BCUT2D eigenvalue weighted by Crippen LogP contribution is -2.35. The quantitative estimate of drug-likeness (QED) is 0.480. The van der Waals surface area contributed by atoms with Gasteiger partial charge in [0, 0.05) is 29.5 Å². The highest BCUT2D eigenvalue weighted by molar-refractivity contribution is 6.30. The number of hydrogen-bond acceptors (Lipinski definition) is 5. The van der Waals surface area contributed by atoms with Crippen molar-refractivity contribution in [3.8, 4) is 16.9 Å². The molecule has 33 heavy (non-hydrogen) atoms. The summed E-state index contributed by atoms with van der Waals surface area (Å²) in [6.07, 6.45) is 6.47. The number of aromatic nitrogens is 5. The summed E-state index contributed by atoms with van der Waals surface area (Å²) in [5.41, 5.74) is 3.13. The third kappa shape index (κ3) is 4.40. The minimum absolute atomic E-state index is 0. The van der Waals surface area contributed by atoms with E-state index < -0.39 is 11.5 Å². The van der Waals surface area contributed by atoms with Crippen LogP contribution >= 0.6 is 24.0 Å². The Labute approximate surface area is 200 Å². The van der Waals surface area contributed by atoms with Crippen molar-refractivity contribution in [1.29, 1.82) is 0 Å². The van der Waals surface area contributed by atoms with E-state index in [9.17, 15) is 9.59 Å². The van der Waals surface area contributed by atoms with Gasteiger partial charge in [-0.15, -0.1) is 12.4 Å². The Bertz CT molecular complexity index is 1380. The van der Waals surface area contributed by atoms with Gasteiger partial charge in [0.25, 0.3) is 11.5 Å². The van der Waals surface area contributed by atoms with Crippen molar-refractivity contribution in [2.75, 3.05) is 0 Å². The van der Waals surface area contributed by atoms with E-state index in [1.165, 1.54) is 16.9 Å². The fourth-order valence-electron chi connectivity index (χ4n) is 3.91. The first kappa shape index (κ1) is 22.7. The van der Waals surface area contributed by atoms with Crippen LogP contribution in [0.15, 0.2) is 65.8 Å². The maximum absolute atomic E-state index is 13.2. The largest absolute Gasteiger partial charge is 0.345 e. The van der Waals surface area contributed by atoms with E-state index in [2.05, 4.69) is 20.5 Å². The first-order valence-electron chi connectivity index (χ1n) is 10.1. The van der Waals surface area contributed by atoms with Crippen LogP contribution < -0.4 is 10.9 Å². The summed E-state index contributed by atoms with van der Waals surface area (Å²) in [5.74, 6) is -0.452. The van der Waals surface area contributed by atoms with Crippen LogP contribution in [0.25, 0.3) is 16.9 Å². The zero-order chi connectivity index (χ0) is 22.2. The number of halogens is 2. The Hall–Kier alpha value is -3.49. The summed E-state index contributed by atoms with van der Waals surface area (Å²) in [5, 5.41) is 12.2. The molecule has 0 bridgehead atoms. The lowest BCUT2D eigenvalue weighted by Gasteiger charge is -2.15. The molecule has 0 unspecified atom stereocenters. The van der Waals surface area contributed by atoms with Crippen molar-refractivity contribution >= 4 is 29.9 Å². The van der Waals surface area contributed by atoms with Gasteiger partial charge < -0.3 is 5.32 Å². The van der Waals surface area contributed by atoms with Gasteiger partial charge in [-0.1, -0.05) is 29.8 Å². The van der Waals surface area contributed by atoms with Gasteiger partial charge in [-0.25, -0.2) is 0 Å². The molecule has 1 aliphatic rings. The number of hydrogen-bond donors (Lipinski definition) is 1. The molecule has 168 valence electrons. The van der Waals surface area contributed by atoms with Gasteiger partial charge in [0.15, 0.2) is 0 Å². The molecule has 8 nitrogen and oxygen atoms in total. The molecular formula is C23H20Cl2N6O2.